The van der Waals surface area contributed by atoms with E-state index < -0.39 is 22.4 Å². The Hall–Kier alpha value is -1.07. The number of rotatable bonds is 1. The average Bonchev–Trinajstić information content (AvgIpc) is 2.41. The average molecular weight is 335 g/mol. The Kier molecular flexibility index (Phi) is 9.26. The van der Waals surface area contributed by atoms with Gasteiger partial charge in [0.1, 0.15) is 0 Å². The predicted octanol–water partition coefficient (Wildman–Crippen LogP) is -0.0944. The molecule has 7 heteroatoms. The minimum Gasteiger partial charge on any atom is -0.550 e. The molecule has 0 spiro atoms. The van der Waals surface area contributed by atoms with Crippen molar-refractivity contribution in [2.75, 3.05) is 13.1 Å². The fraction of sp³-hybridized carbons (Fsp3) is 0.417. The van der Waals surface area contributed by atoms with E-state index in [1.807, 2.05) is 36.4 Å². The van der Waals surface area contributed by atoms with Crippen molar-refractivity contribution in [2.24, 2.45) is 5.92 Å². The first kappa shape index (κ1) is 17.9. The van der Waals surface area contributed by atoms with Gasteiger partial charge >= 0.3 is 30.0 Å². The Morgan fingerprint density at radius 3 is 1.63 bits per heavy atom. The molecule has 1 aromatic rings. The van der Waals surface area contributed by atoms with Gasteiger partial charge in [0.15, 0.2) is 13.1 Å². The van der Waals surface area contributed by atoms with E-state index in [2.05, 4.69) is 0 Å². The van der Waals surface area contributed by atoms with Crippen molar-refractivity contribution in [2.45, 2.75) is 12.8 Å². The van der Waals surface area contributed by atoms with Gasteiger partial charge in [0.2, 0.25) is 0 Å². The van der Waals surface area contributed by atoms with Gasteiger partial charge in [-0.1, -0.05) is 36.4 Å². The normalized spacial score (nSPS) is 17.5. The van der Waals surface area contributed by atoms with E-state index in [9.17, 15) is 18.3 Å². The summed E-state index contributed by atoms with van der Waals surface area (Å²) >= 11 is 0. The molecule has 0 aliphatic carbocycles. The predicted molar refractivity (Wildman–Crippen MR) is 63.1 cm³/mol. The quantitative estimate of drug-likeness (QED) is 0.531. The first-order valence-electron chi connectivity index (χ1n) is 5.66. The number of carbonyl (C=O) groups is 1. The largest absolute Gasteiger partial charge is 2.00 e. The minimum atomic E-state index is -2.21. The van der Waals surface area contributed by atoms with Gasteiger partial charge in [-0.15, -0.1) is 12.4 Å². The van der Waals surface area contributed by atoms with Gasteiger partial charge in [-0.3, -0.25) is 0 Å². The summed E-state index contributed by atoms with van der Waals surface area (Å²) in [6.07, 6.45) is 0.715. The number of aliphatic carboxylic acids is 1. The Labute approximate surface area is 126 Å². The molecule has 5 nitrogen and oxygen atoms in total. The molecule has 0 aromatic heterocycles. The molecule has 0 bridgehead atoms. The second kappa shape index (κ2) is 9.81. The molecular formula is C12H15NO4SZn+2. The van der Waals surface area contributed by atoms with Gasteiger partial charge in [-0.05, 0) is 0 Å². The van der Waals surface area contributed by atoms with Gasteiger partial charge in [-0.25, -0.2) is 0 Å². The number of carboxylic acids is 1. The van der Waals surface area contributed by atoms with Crippen molar-refractivity contribution >= 4 is 16.5 Å². The Bertz CT molecular complexity index is 471. The van der Waals surface area contributed by atoms with Crippen molar-refractivity contribution in [1.29, 1.82) is 0 Å². The van der Waals surface area contributed by atoms with Crippen LogP contribution in [0.3, 0.4) is 0 Å². The Morgan fingerprint density at radius 2 is 1.37 bits per heavy atom. The first-order valence-corrected chi connectivity index (χ1v) is 6.69. The molecule has 1 fully saturated rings. The van der Waals surface area contributed by atoms with Crippen LogP contribution in [0.2, 0.25) is 0 Å². The Balaban J connectivity index is 0.000000392. The summed E-state index contributed by atoms with van der Waals surface area (Å²) in [7, 11) is -2.21. The van der Waals surface area contributed by atoms with E-state index in [0.29, 0.717) is 12.8 Å². The van der Waals surface area contributed by atoms with Gasteiger partial charge in [-0.2, -0.15) is 0 Å². The molecule has 1 aromatic carbocycles. The summed E-state index contributed by atoms with van der Waals surface area (Å²) in [5.41, 5.74) is 0. The van der Waals surface area contributed by atoms with E-state index >= 15 is 0 Å². The number of hydrogen-bond donors (Lipinski definition) is 0. The zero-order valence-electron chi connectivity index (χ0n) is 10.6. The number of carboxylic acid groups (broad SMARTS) is 1. The van der Waals surface area contributed by atoms with Gasteiger partial charge in [0.05, 0.1) is 0 Å². The molecule has 19 heavy (non-hydrogen) atoms. The van der Waals surface area contributed by atoms with Crippen LogP contribution in [0.15, 0.2) is 36.4 Å². The smallest absolute Gasteiger partial charge is 0.550 e. The van der Waals surface area contributed by atoms with Gasteiger partial charge in [0, 0.05) is 24.7 Å². The molecule has 0 atom stereocenters. The van der Waals surface area contributed by atoms with Crippen LogP contribution in [0, 0.1) is 5.92 Å². The summed E-state index contributed by atoms with van der Waals surface area (Å²) in [5, 5.41) is 10.3. The molecule has 1 heterocycles. The molecule has 0 amide bonds. The standard InChI is InChI=1S/C6H9NO4S.C6H6.Zn/c8-6(9)5-1-3-7(4-2-5)12(10)11;1-2-4-6-5-3-1;/h5H,1-4H2;1-6H;/q;;+2. The number of benzene rings is 1. The zero-order valence-corrected chi connectivity index (χ0v) is 14.3. The van der Waals surface area contributed by atoms with Crippen LogP contribution in [-0.4, -0.2) is 31.4 Å². The third-order valence-electron chi connectivity index (χ3n) is 2.66. The Morgan fingerprint density at radius 1 is 1.00 bits per heavy atom. The maximum absolute atomic E-state index is 10.4. The molecule has 0 radical (unpaired) electrons. The molecule has 1 saturated heterocycles. The van der Waals surface area contributed by atoms with E-state index in [4.69, 9.17) is 0 Å². The van der Waals surface area contributed by atoms with Crippen LogP contribution in [0.1, 0.15) is 12.8 Å². The number of nitrogens with zero attached hydrogens (tertiary/aromatic N) is 1. The zero-order chi connectivity index (χ0) is 13.4. The molecule has 98 valence electrons. The summed E-state index contributed by atoms with van der Waals surface area (Å²) < 4.78 is 22.0. The van der Waals surface area contributed by atoms with Crippen LogP contribution >= 0.6 is 0 Å². The van der Waals surface area contributed by atoms with Gasteiger partial charge < -0.3 is 9.90 Å². The third-order valence-corrected chi connectivity index (χ3v) is 3.45. The number of hydrogen-bond acceptors (Lipinski definition) is 4. The molecule has 1 aliphatic heterocycles. The summed E-state index contributed by atoms with van der Waals surface area (Å²) in [6.45, 7) is 0.573. The van der Waals surface area contributed by atoms with Crippen LogP contribution in [0.4, 0.5) is 0 Å². The molecule has 2 rings (SSSR count). The number of piperidine rings is 1. The van der Waals surface area contributed by atoms with Crippen molar-refractivity contribution in [1.82, 2.24) is 0 Å². The molecule has 0 N–H and O–H groups in total. The van der Waals surface area contributed by atoms with Gasteiger partial charge in [0.25, 0.3) is 0 Å². The topological polar surface area (TPSA) is 77.3 Å². The monoisotopic (exact) mass is 333 g/mol. The van der Waals surface area contributed by atoms with E-state index in [0.717, 1.165) is 0 Å². The summed E-state index contributed by atoms with van der Waals surface area (Å²) in [4.78, 5) is 10.3. The molecule has 0 unspecified atom stereocenters. The fourth-order valence-corrected chi connectivity index (χ4v) is 2.13. The van der Waals surface area contributed by atoms with Crippen molar-refractivity contribution in [3.8, 4) is 0 Å². The SMILES string of the molecule is O=C([O-])C1CC[N+](=S(=O)=O)CC1.[Zn+2].c1ccccc1. The summed E-state index contributed by atoms with van der Waals surface area (Å²) in [6, 6.07) is 12.0. The van der Waals surface area contributed by atoms with Crippen molar-refractivity contribution in [3.63, 3.8) is 0 Å². The first-order chi connectivity index (χ1) is 8.61. The van der Waals surface area contributed by atoms with E-state index in [1.165, 1.54) is 3.95 Å². The molecule has 1 aliphatic rings. The maximum atomic E-state index is 10.4. The second-order valence-corrected chi connectivity index (χ2v) is 4.84. The van der Waals surface area contributed by atoms with E-state index in [1.54, 1.807) is 0 Å². The van der Waals surface area contributed by atoms with Crippen LogP contribution in [0.5, 0.6) is 0 Å². The fourth-order valence-electron chi connectivity index (χ4n) is 1.63. The van der Waals surface area contributed by atoms with Crippen molar-refractivity contribution < 1.29 is 41.7 Å². The number of carbonyl (C=O) groups excluding carboxylic acids is 1. The molecular weight excluding hydrogens is 320 g/mol. The third kappa shape index (κ3) is 7.18. The summed E-state index contributed by atoms with van der Waals surface area (Å²) in [5.74, 6) is -1.56. The maximum Gasteiger partial charge on any atom is 2.00 e. The minimum absolute atomic E-state index is 0. The van der Waals surface area contributed by atoms with Crippen LogP contribution < -0.4 is 5.11 Å². The second-order valence-electron chi connectivity index (χ2n) is 3.89. The van der Waals surface area contributed by atoms with Crippen LogP contribution in [-0.2, 0) is 34.8 Å². The molecule has 0 saturated carbocycles. The van der Waals surface area contributed by atoms with E-state index in [-0.39, 0.29) is 32.6 Å². The van der Waals surface area contributed by atoms with Crippen molar-refractivity contribution in [3.05, 3.63) is 36.4 Å². The van der Waals surface area contributed by atoms with Crippen LogP contribution in [0.25, 0.3) is 0 Å².